The number of carbonyl (C=O) groups is 5. The zero-order chi connectivity index (χ0) is 25.0. The quantitative estimate of drug-likeness (QED) is 0.137. The number of carboxylic acid groups (broad SMARTS) is 1. The first-order valence-corrected chi connectivity index (χ1v) is 11.5. The number of hydrogen-bond acceptors (Lipinski definition) is 8. The van der Waals surface area contributed by atoms with Crippen molar-refractivity contribution in [2.24, 2.45) is 17.4 Å². The van der Waals surface area contributed by atoms with Crippen molar-refractivity contribution in [1.82, 2.24) is 16.0 Å². The van der Waals surface area contributed by atoms with Gasteiger partial charge in [0.15, 0.2) is 0 Å². The number of aliphatic carboxylic acids is 1. The maximum absolute atomic E-state index is 12.7. The van der Waals surface area contributed by atoms with Crippen LogP contribution in [0.2, 0.25) is 0 Å². The summed E-state index contributed by atoms with van der Waals surface area (Å²) >= 11 is 1.39. The molecular weight excluding hydrogens is 442 g/mol. The van der Waals surface area contributed by atoms with Crippen molar-refractivity contribution >= 4 is 41.4 Å². The van der Waals surface area contributed by atoms with E-state index in [1.54, 1.807) is 6.26 Å². The Morgan fingerprint density at radius 1 is 0.938 bits per heavy atom. The Balaban J connectivity index is 5.39. The minimum absolute atomic E-state index is 0.134. The van der Waals surface area contributed by atoms with Crippen LogP contribution in [0.5, 0.6) is 0 Å². The van der Waals surface area contributed by atoms with E-state index in [4.69, 9.17) is 11.5 Å². The smallest absolute Gasteiger partial charge is 0.326 e. The first kappa shape index (κ1) is 29.6. The molecule has 0 heterocycles. The Morgan fingerprint density at radius 3 is 1.94 bits per heavy atom. The fraction of sp³-hybridized carbons (Fsp3) is 0.737. The first-order chi connectivity index (χ1) is 14.8. The maximum atomic E-state index is 12.7. The minimum Gasteiger partial charge on any atom is -0.480 e. The van der Waals surface area contributed by atoms with E-state index in [0.29, 0.717) is 12.2 Å². The summed E-state index contributed by atoms with van der Waals surface area (Å²) in [5, 5.41) is 26.2. The molecule has 0 aliphatic rings. The Bertz CT molecular complexity index is 674. The van der Waals surface area contributed by atoms with E-state index < -0.39 is 66.3 Å². The van der Waals surface area contributed by atoms with Crippen molar-refractivity contribution in [3.8, 4) is 0 Å². The monoisotopic (exact) mass is 477 g/mol. The molecular formula is C19H35N5O7S. The van der Waals surface area contributed by atoms with Gasteiger partial charge in [-0.3, -0.25) is 19.2 Å². The highest BCUT2D eigenvalue weighted by atomic mass is 32.2. The first-order valence-electron chi connectivity index (χ1n) is 10.1. The summed E-state index contributed by atoms with van der Waals surface area (Å²) in [6.07, 6.45) is 0.365. The van der Waals surface area contributed by atoms with Gasteiger partial charge in [-0.15, -0.1) is 0 Å². The molecule has 9 N–H and O–H groups in total. The zero-order valence-corrected chi connectivity index (χ0v) is 19.6. The normalized spacial score (nSPS) is 15.7. The summed E-state index contributed by atoms with van der Waals surface area (Å²) in [6, 6.07) is -5.00. The fourth-order valence-corrected chi connectivity index (χ4v) is 3.19. The van der Waals surface area contributed by atoms with Crippen molar-refractivity contribution in [3.05, 3.63) is 0 Å². The van der Waals surface area contributed by atoms with Crippen LogP contribution in [0.4, 0.5) is 0 Å². The van der Waals surface area contributed by atoms with Crippen LogP contribution in [0.25, 0.3) is 0 Å². The largest absolute Gasteiger partial charge is 0.480 e. The van der Waals surface area contributed by atoms with Crippen LogP contribution in [0.1, 0.15) is 40.0 Å². The highest BCUT2D eigenvalue weighted by molar-refractivity contribution is 7.98. The van der Waals surface area contributed by atoms with Gasteiger partial charge in [-0.1, -0.05) is 13.8 Å². The van der Waals surface area contributed by atoms with Gasteiger partial charge in [-0.25, -0.2) is 4.79 Å². The van der Waals surface area contributed by atoms with Crippen LogP contribution >= 0.6 is 11.8 Å². The minimum atomic E-state index is -1.56. The highest BCUT2D eigenvalue weighted by Gasteiger charge is 2.32. The van der Waals surface area contributed by atoms with Gasteiger partial charge in [-0.2, -0.15) is 11.8 Å². The summed E-state index contributed by atoms with van der Waals surface area (Å²) in [6.45, 7) is 5.05. The Labute approximate surface area is 191 Å². The molecule has 0 bridgehead atoms. The van der Waals surface area contributed by atoms with Crippen LogP contribution in [0.15, 0.2) is 0 Å². The standard InChI is InChI=1S/C19H35N5O7S/c1-9(2)7-11(20)16(27)24-15(10(3)25)18(29)22-12(5-6-32-4)17(28)23-13(19(30)31)8-14(21)26/h9-13,15,25H,5-8,20H2,1-4H3,(H2,21,26)(H,22,29)(H,23,28)(H,24,27)(H,30,31). The molecule has 0 radical (unpaired) electrons. The number of amides is 4. The highest BCUT2D eigenvalue weighted by Crippen LogP contribution is 2.06. The maximum Gasteiger partial charge on any atom is 0.326 e. The number of primary amides is 1. The van der Waals surface area contributed by atoms with Gasteiger partial charge in [0.25, 0.3) is 0 Å². The van der Waals surface area contributed by atoms with Gasteiger partial charge in [-0.05, 0) is 37.7 Å². The number of hydrogen-bond donors (Lipinski definition) is 7. The molecule has 0 aromatic carbocycles. The molecule has 0 aromatic heterocycles. The van der Waals surface area contributed by atoms with Crippen molar-refractivity contribution < 1.29 is 34.2 Å². The average Bonchev–Trinajstić information content (AvgIpc) is 2.66. The predicted octanol–water partition coefficient (Wildman–Crippen LogP) is -2.09. The van der Waals surface area contributed by atoms with E-state index in [2.05, 4.69) is 16.0 Å². The van der Waals surface area contributed by atoms with Gasteiger partial charge in [0.05, 0.1) is 18.6 Å². The third-order valence-corrected chi connectivity index (χ3v) is 5.03. The summed E-state index contributed by atoms with van der Waals surface area (Å²) in [4.78, 5) is 60.0. The van der Waals surface area contributed by atoms with Gasteiger partial charge in [0, 0.05) is 0 Å². The molecule has 0 saturated carbocycles. The van der Waals surface area contributed by atoms with Crippen LogP contribution in [0, 0.1) is 5.92 Å². The molecule has 0 aromatic rings. The van der Waals surface area contributed by atoms with Crippen LogP contribution in [-0.4, -0.2) is 82.1 Å². The van der Waals surface area contributed by atoms with Gasteiger partial charge in [0.1, 0.15) is 18.1 Å². The lowest BCUT2D eigenvalue weighted by molar-refractivity contribution is -0.144. The Kier molecular flexibility index (Phi) is 13.5. The molecule has 0 aliphatic carbocycles. The fourth-order valence-electron chi connectivity index (χ4n) is 2.72. The SMILES string of the molecule is CSCCC(NC(=O)C(NC(=O)C(N)CC(C)C)C(C)O)C(=O)NC(CC(N)=O)C(=O)O. The molecule has 184 valence electrons. The van der Waals surface area contributed by atoms with E-state index >= 15 is 0 Å². The molecule has 0 rings (SSSR count). The van der Waals surface area contributed by atoms with Gasteiger partial charge < -0.3 is 37.6 Å². The molecule has 12 nitrogen and oxygen atoms in total. The molecule has 32 heavy (non-hydrogen) atoms. The molecule has 0 spiro atoms. The third-order valence-electron chi connectivity index (χ3n) is 4.39. The number of thioether (sulfide) groups is 1. The Morgan fingerprint density at radius 2 is 1.50 bits per heavy atom. The van der Waals surface area contributed by atoms with Crippen LogP contribution in [0.3, 0.4) is 0 Å². The molecule has 0 aliphatic heterocycles. The number of aliphatic hydroxyl groups excluding tert-OH is 1. The van der Waals surface area contributed by atoms with E-state index in [9.17, 15) is 34.2 Å². The van der Waals surface area contributed by atoms with E-state index in [1.807, 2.05) is 13.8 Å². The lowest BCUT2D eigenvalue weighted by atomic mass is 10.0. The van der Waals surface area contributed by atoms with Crippen LogP contribution < -0.4 is 27.4 Å². The molecule has 0 saturated heterocycles. The summed E-state index contributed by atoms with van der Waals surface area (Å²) < 4.78 is 0. The molecule has 0 fully saturated rings. The number of nitrogens with two attached hydrogens (primary N) is 2. The zero-order valence-electron chi connectivity index (χ0n) is 18.8. The predicted molar refractivity (Wildman–Crippen MR) is 119 cm³/mol. The third kappa shape index (κ3) is 11.3. The summed E-state index contributed by atoms with van der Waals surface area (Å²) in [5.41, 5.74) is 10.8. The molecule has 5 unspecified atom stereocenters. The number of rotatable bonds is 15. The van der Waals surface area contributed by atoms with E-state index in [1.165, 1.54) is 18.7 Å². The lowest BCUT2D eigenvalue weighted by Gasteiger charge is -2.26. The van der Waals surface area contributed by atoms with E-state index in [0.717, 1.165) is 0 Å². The van der Waals surface area contributed by atoms with Crippen molar-refractivity contribution in [2.45, 2.75) is 70.3 Å². The number of nitrogens with one attached hydrogen (secondary N) is 3. The van der Waals surface area contributed by atoms with Crippen molar-refractivity contribution in [3.63, 3.8) is 0 Å². The van der Waals surface area contributed by atoms with E-state index in [-0.39, 0.29) is 12.3 Å². The Hall–Kier alpha value is -2.38. The molecule has 5 atom stereocenters. The second-order valence-corrected chi connectivity index (χ2v) is 8.86. The second kappa shape index (κ2) is 14.6. The van der Waals surface area contributed by atoms with Gasteiger partial charge in [0.2, 0.25) is 23.6 Å². The summed E-state index contributed by atoms with van der Waals surface area (Å²) in [5.74, 6) is -4.11. The van der Waals surface area contributed by atoms with Crippen molar-refractivity contribution in [2.75, 3.05) is 12.0 Å². The number of carbonyl (C=O) groups excluding carboxylic acids is 4. The number of carboxylic acids is 1. The lowest BCUT2D eigenvalue weighted by Crippen LogP contribution is -2.60. The number of aliphatic hydroxyl groups is 1. The van der Waals surface area contributed by atoms with Crippen LogP contribution in [-0.2, 0) is 24.0 Å². The average molecular weight is 478 g/mol. The second-order valence-electron chi connectivity index (χ2n) is 7.88. The van der Waals surface area contributed by atoms with Crippen molar-refractivity contribution in [1.29, 1.82) is 0 Å². The summed E-state index contributed by atoms with van der Waals surface area (Å²) in [7, 11) is 0. The van der Waals surface area contributed by atoms with Gasteiger partial charge >= 0.3 is 5.97 Å². The topological polar surface area (TPSA) is 214 Å². The molecule has 13 heteroatoms. The molecule has 4 amide bonds.